The zero-order chi connectivity index (χ0) is 33.7. The summed E-state index contributed by atoms with van der Waals surface area (Å²) < 4.78 is 6.63. The highest BCUT2D eigenvalue weighted by Gasteiger charge is 2.19. The van der Waals surface area contributed by atoms with Crippen molar-refractivity contribution in [3.63, 3.8) is 0 Å². The van der Waals surface area contributed by atoms with E-state index in [1.54, 1.807) is 0 Å². The van der Waals surface area contributed by atoms with Gasteiger partial charge in [0.25, 0.3) is 0 Å². The lowest BCUT2D eigenvalue weighted by molar-refractivity contribution is 0.669. The Labute approximate surface area is 294 Å². The molecule has 0 unspecified atom stereocenters. The van der Waals surface area contributed by atoms with Gasteiger partial charge >= 0.3 is 0 Å². The molecule has 0 amide bonds. The topological polar surface area (TPSA) is 51.8 Å². The quantitative estimate of drug-likeness (QED) is 0.186. The summed E-state index contributed by atoms with van der Waals surface area (Å²) >= 11 is 0. The number of benzene rings is 8. The molecule has 2 aromatic heterocycles. The van der Waals surface area contributed by atoms with E-state index in [9.17, 15) is 0 Å². The Morgan fingerprint density at radius 3 is 1.57 bits per heavy atom. The molecule has 0 fully saturated rings. The molecule has 2 heterocycles. The monoisotopic (exact) mass is 651 g/mol. The second-order valence-corrected chi connectivity index (χ2v) is 12.8. The van der Waals surface area contributed by atoms with Crippen LogP contribution in [0.2, 0.25) is 0 Å². The van der Waals surface area contributed by atoms with Crippen LogP contribution in [0.4, 0.5) is 0 Å². The van der Waals surface area contributed by atoms with Crippen LogP contribution in [0.25, 0.3) is 99.9 Å². The lowest BCUT2D eigenvalue weighted by Gasteiger charge is -2.11. The SMILES string of the molecule is c1ccc(-c2nc(-c3ccc(-c4cccc5ccccc45)cc3)nc(-c3cc(-c4ccccc4)c4c(c3)oc3cc5ccccc5cc34)n2)cc1. The molecule has 4 heteroatoms. The van der Waals surface area contributed by atoms with Gasteiger partial charge < -0.3 is 4.42 Å². The van der Waals surface area contributed by atoms with Crippen molar-refractivity contribution in [1.82, 2.24) is 15.0 Å². The fourth-order valence-electron chi connectivity index (χ4n) is 7.19. The summed E-state index contributed by atoms with van der Waals surface area (Å²) in [5.74, 6) is 1.81. The maximum atomic E-state index is 6.63. The summed E-state index contributed by atoms with van der Waals surface area (Å²) in [5.41, 5.74) is 8.85. The maximum absolute atomic E-state index is 6.63. The Balaban J connectivity index is 1.16. The van der Waals surface area contributed by atoms with E-state index < -0.39 is 0 Å². The minimum atomic E-state index is 0.585. The van der Waals surface area contributed by atoms with Crippen LogP contribution in [0.1, 0.15) is 0 Å². The first-order valence-corrected chi connectivity index (χ1v) is 17.1. The summed E-state index contributed by atoms with van der Waals surface area (Å²) in [4.78, 5) is 15.2. The summed E-state index contributed by atoms with van der Waals surface area (Å²) in [5, 5.41) is 6.93. The fraction of sp³-hybridized carbons (Fsp3) is 0. The van der Waals surface area contributed by atoms with Gasteiger partial charge in [0.15, 0.2) is 17.5 Å². The van der Waals surface area contributed by atoms with Crippen LogP contribution in [0.3, 0.4) is 0 Å². The molecular weight excluding hydrogens is 623 g/mol. The summed E-state index contributed by atoms with van der Waals surface area (Å²) in [7, 11) is 0. The largest absolute Gasteiger partial charge is 0.456 e. The van der Waals surface area contributed by atoms with Gasteiger partial charge in [0, 0.05) is 27.5 Å². The van der Waals surface area contributed by atoms with E-state index >= 15 is 0 Å². The molecule has 0 saturated heterocycles. The Morgan fingerprint density at radius 1 is 0.314 bits per heavy atom. The highest BCUT2D eigenvalue weighted by atomic mass is 16.3. The van der Waals surface area contributed by atoms with Crippen LogP contribution in [0, 0.1) is 0 Å². The summed E-state index contributed by atoms with van der Waals surface area (Å²) in [6.07, 6.45) is 0. The summed E-state index contributed by atoms with van der Waals surface area (Å²) in [6.45, 7) is 0. The van der Waals surface area contributed by atoms with Crippen molar-refractivity contribution >= 4 is 43.5 Å². The van der Waals surface area contributed by atoms with Gasteiger partial charge in [-0.3, -0.25) is 0 Å². The van der Waals surface area contributed by atoms with Crippen molar-refractivity contribution in [2.45, 2.75) is 0 Å². The third kappa shape index (κ3) is 5.13. The first-order valence-electron chi connectivity index (χ1n) is 17.1. The van der Waals surface area contributed by atoms with Crippen LogP contribution in [-0.2, 0) is 0 Å². The molecular formula is C47H29N3O. The van der Waals surface area contributed by atoms with Gasteiger partial charge in [-0.25, -0.2) is 15.0 Å². The van der Waals surface area contributed by atoms with Gasteiger partial charge in [-0.05, 0) is 68.1 Å². The van der Waals surface area contributed by atoms with Crippen molar-refractivity contribution in [3.8, 4) is 56.4 Å². The number of nitrogens with zero attached hydrogens (tertiary/aromatic N) is 3. The normalized spacial score (nSPS) is 11.5. The third-order valence-electron chi connectivity index (χ3n) is 9.69. The first kappa shape index (κ1) is 29.0. The molecule has 0 aliphatic heterocycles. The Morgan fingerprint density at radius 2 is 0.843 bits per heavy atom. The molecule has 0 bridgehead atoms. The highest BCUT2D eigenvalue weighted by molar-refractivity contribution is 6.16. The first-order chi connectivity index (χ1) is 25.2. The van der Waals surface area contributed by atoms with Crippen molar-refractivity contribution in [1.29, 1.82) is 0 Å². The second-order valence-electron chi connectivity index (χ2n) is 12.8. The van der Waals surface area contributed by atoms with E-state index in [4.69, 9.17) is 19.4 Å². The molecule has 0 atom stereocenters. The predicted octanol–water partition coefficient (Wildman–Crippen LogP) is 12.4. The van der Waals surface area contributed by atoms with E-state index in [2.05, 4.69) is 140 Å². The Hall–Kier alpha value is -6.91. The van der Waals surface area contributed by atoms with Crippen LogP contribution in [0.5, 0.6) is 0 Å². The van der Waals surface area contributed by atoms with Gasteiger partial charge in [-0.15, -0.1) is 0 Å². The van der Waals surface area contributed by atoms with Crippen LogP contribution in [-0.4, -0.2) is 15.0 Å². The van der Waals surface area contributed by atoms with Crippen molar-refractivity contribution in [3.05, 3.63) is 176 Å². The van der Waals surface area contributed by atoms with E-state index in [0.717, 1.165) is 60.7 Å². The van der Waals surface area contributed by atoms with E-state index in [-0.39, 0.29) is 0 Å². The molecule has 0 aliphatic carbocycles. The molecule has 51 heavy (non-hydrogen) atoms. The molecule has 4 nitrogen and oxygen atoms in total. The number of aromatic nitrogens is 3. The van der Waals surface area contributed by atoms with Gasteiger partial charge in [-0.1, -0.05) is 152 Å². The molecule has 0 spiro atoms. The smallest absolute Gasteiger partial charge is 0.164 e. The van der Waals surface area contributed by atoms with Crippen LogP contribution in [0.15, 0.2) is 180 Å². The molecule has 238 valence electrons. The number of hydrogen-bond donors (Lipinski definition) is 0. The van der Waals surface area contributed by atoms with Crippen molar-refractivity contribution in [2.24, 2.45) is 0 Å². The fourth-order valence-corrected chi connectivity index (χ4v) is 7.19. The van der Waals surface area contributed by atoms with E-state index in [1.165, 1.54) is 21.7 Å². The Bertz CT molecular complexity index is 2890. The number of rotatable bonds is 5. The molecule has 0 radical (unpaired) electrons. The van der Waals surface area contributed by atoms with E-state index in [0.29, 0.717) is 17.5 Å². The average Bonchev–Trinajstić information content (AvgIpc) is 3.57. The number of furan rings is 1. The second kappa shape index (κ2) is 11.9. The van der Waals surface area contributed by atoms with Crippen molar-refractivity contribution in [2.75, 3.05) is 0 Å². The van der Waals surface area contributed by atoms with E-state index in [1.807, 2.05) is 36.4 Å². The number of hydrogen-bond acceptors (Lipinski definition) is 4. The lowest BCUT2D eigenvalue weighted by atomic mass is 9.96. The van der Waals surface area contributed by atoms with Gasteiger partial charge in [0.2, 0.25) is 0 Å². The lowest BCUT2D eigenvalue weighted by Crippen LogP contribution is -2.00. The van der Waals surface area contributed by atoms with Crippen molar-refractivity contribution < 1.29 is 4.42 Å². The minimum Gasteiger partial charge on any atom is -0.456 e. The van der Waals surface area contributed by atoms with Crippen LogP contribution < -0.4 is 0 Å². The van der Waals surface area contributed by atoms with Gasteiger partial charge in [0.05, 0.1) is 0 Å². The zero-order valence-corrected chi connectivity index (χ0v) is 27.5. The maximum Gasteiger partial charge on any atom is 0.164 e. The number of fused-ring (bicyclic) bond motifs is 5. The molecule has 8 aromatic carbocycles. The third-order valence-corrected chi connectivity index (χ3v) is 9.69. The molecule has 0 saturated carbocycles. The minimum absolute atomic E-state index is 0.585. The predicted molar refractivity (Wildman–Crippen MR) is 209 cm³/mol. The molecule has 0 aliphatic rings. The Kier molecular flexibility index (Phi) is 6.78. The zero-order valence-electron chi connectivity index (χ0n) is 27.5. The van der Waals surface area contributed by atoms with Crippen LogP contribution >= 0.6 is 0 Å². The van der Waals surface area contributed by atoms with Gasteiger partial charge in [-0.2, -0.15) is 0 Å². The molecule has 0 N–H and O–H groups in total. The van der Waals surface area contributed by atoms with Gasteiger partial charge in [0.1, 0.15) is 11.2 Å². The molecule has 10 rings (SSSR count). The average molecular weight is 652 g/mol. The highest BCUT2D eigenvalue weighted by Crippen LogP contribution is 2.41. The molecule has 10 aromatic rings. The summed E-state index contributed by atoms with van der Waals surface area (Å²) in [6, 6.07) is 61.1. The standard InChI is InChI=1S/C47H29N3O/c1-3-12-31(13-4-1)40-27-37(29-43-44(40)41-26-35-17-7-8-18-36(35)28-42(41)51-43)47-49-45(33-15-5-2-6-16-33)48-46(50-47)34-24-22-32(23-25-34)39-21-11-19-30-14-9-10-20-38(30)39/h1-29H.